The molecule has 0 spiro atoms. The number of carboxylic acid groups (broad SMARTS) is 1. The minimum atomic E-state index is -0.849. The van der Waals surface area contributed by atoms with E-state index in [1.165, 1.54) is 0 Å². The van der Waals surface area contributed by atoms with Crippen LogP contribution >= 0.6 is 11.6 Å². The SMILES string of the molecule is C[C@@H]1[C@H](C(=O)O)CCCN1C(=O)c1c(Cl)c2ccccc2n1C. The van der Waals surface area contributed by atoms with Gasteiger partial charge in [0.1, 0.15) is 5.69 Å². The van der Waals surface area contributed by atoms with Crippen LogP contribution in [0, 0.1) is 5.92 Å². The molecule has 0 unspecified atom stereocenters. The lowest BCUT2D eigenvalue weighted by atomic mass is 9.90. The van der Waals surface area contributed by atoms with Crippen LogP contribution in [0.4, 0.5) is 0 Å². The molecule has 2 aromatic rings. The van der Waals surface area contributed by atoms with Gasteiger partial charge in [-0.3, -0.25) is 9.59 Å². The second-order valence-corrected chi connectivity index (χ2v) is 6.44. The molecule has 6 heteroatoms. The molecule has 1 saturated heterocycles. The Morgan fingerprint density at radius 2 is 2.00 bits per heavy atom. The molecule has 0 saturated carbocycles. The third kappa shape index (κ3) is 2.49. The quantitative estimate of drug-likeness (QED) is 0.917. The number of carbonyl (C=O) groups excluding carboxylic acids is 1. The summed E-state index contributed by atoms with van der Waals surface area (Å²) in [4.78, 5) is 26.0. The number of carboxylic acids is 1. The summed E-state index contributed by atoms with van der Waals surface area (Å²) in [5.74, 6) is -1.58. The second kappa shape index (κ2) is 5.89. The Bertz CT molecular complexity index is 744. The van der Waals surface area contributed by atoms with Crippen LogP contribution in [0.5, 0.6) is 0 Å². The number of aryl methyl sites for hydroxylation is 1. The van der Waals surface area contributed by atoms with Crippen molar-refractivity contribution < 1.29 is 14.7 Å². The van der Waals surface area contributed by atoms with Gasteiger partial charge in [0.2, 0.25) is 0 Å². The second-order valence-electron chi connectivity index (χ2n) is 6.06. The van der Waals surface area contributed by atoms with E-state index in [2.05, 4.69) is 0 Å². The van der Waals surface area contributed by atoms with Gasteiger partial charge in [-0.2, -0.15) is 0 Å². The van der Waals surface area contributed by atoms with Gasteiger partial charge in [0.15, 0.2) is 0 Å². The number of halogens is 1. The zero-order chi connectivity index (χ0) is 16.7. The van der Waals surface area contributed by atoms with Crippen LogP contribution in [0.25, 0.3) is 10.9 Å². The first-order chi connectivity index (χ1) is 10.9. The lowest BCUT2D eigenvalue weighted by Crippen LogP contribution is -2.49. The van der Waals surface area contributed by atoms with E-state index in [4.69, 9.17) is 11.6 Å². The van der Waals surface area contributed by atoms with E-state index < -0.39 is 11.9 Å². The third-order valence-electron chi connectivity index (χ3n) is 4.81. The number of hydrogen-bond acceptors (Lipinski definition) is 2. The summed E-state index contributed by atoms with van der Waals surface area (Å²) in [5.41, 5.74) is 1.31. The summed E-state index contributed by atoms with van der Waals surface area (Å²) in [6, 6.07) is 7.23. The highest BCUT2D eigenvalue weighted by Gasteiger charge is 2.37. The number of aromatic nitrogens is 1. The Morgan fingerprint density at radius 1 is 1.30 bits per heavy atom. The van der Waals surface area contributed by atoms with Crippen LogP contribution in [0.1, 0.15) is 30.3 Å². The van der Waals surface area contributed by atoms with Gasteiger partial charge in [-0.1, -0.05) is 29.8 Å². The minimum Gasteiger partial charge on any atom is -0.481 e. The zero-order valence-electron chi connectivity index (χ0n) is 13.1. The number of fused-ring (bicyclic) bond motifs is 1. The van der Waals surface area contributed by atoms with Gasteiger partial charge in [0, 0.05) is 30.5 Å². The van der Waals surface area contributed by atoms with Crippen molar-refractivity contribution in [2.24, 2.45) is 13.0 Å². The molecule has 1 aromatic heterocycles. The highest BCUT2D eigenvalue weighted by molar-refractivity contribution is 6.38. The summed E-state index contributed by atoms with van der Waals surface area (Å²) < 4.78 is 1.79. The molecule has 1 aliphatic heterocycles. The number of carbonyl (C=O) groups is 2. The van der Waals surface area contributed by atoms with Crippen LogP contribution in [0.15, 0.2) is 24.3 Å². The summed E-state index contributed by atoms with van der Waals surface area (Å²) in [6.07, 6.45) is 1.29. The van der Waals surface area contributed by atoms with E-state index in [1.54, 1.807) is 16.4 Å². The molecular weight excluding hydrogens is 316 g/mol. The average Bonchev–Trinajstić information content (AvgIpc) is 2.79. The molecule has 1 N–H and O–H groups in total. The molecule has 1 aliphatic rings. The van der Waals surface area contributed by atoms with E-state index >= 15 is 0 Å². The molecule has 1 amide bonds. The van der Waals surface area contributed by atoms with Crippen molar-refractivity contribution in [3.63, 3.8) is 0 Å². The van der Waals surface area contributed by atoms with Crippen molar-refractivity contribution in [2.75, 3.05) is 6.54 Å². The minimum absolute atomic E-state index is 0.202. The molecule has 1 aromatic carbocycles. The molecule has 2 atom stereocenters. The summed E-state index contributed by atoms with van der Waals surface area (Å²) in [5, 5.41) is 10.6. The largest absolute Gasteiger partial charge is 0.481 e. The van der Waals surface area contributed by atoms with Crippen LogP contribution < -0.4 is 0 Å². The number of piperidine rings is 1. The fourth-order valence-electron chi connectivity index (χ4n) is 3.48. The van der Waals surface area contributed by atoms with Crippen molar-refractivity contribution in [3.8, 4) is 0 Å². The number of aliphatic carboxylic acids is 1. The fourth-order valence-corrected chi connectivity index (χ4v) is 3.85. The predicted octanol–water partition coefficient (Wildman–Crippen LogP) is 3.16. The van der Waals surface area contributed by atoms with Gasteiger partial charge in [0.05, 0.1) is 10.9 Å². The van der Waals surface area contributed by atoms with Gasteiger partial charge < -0.3 is 14.6 Å². The fraction of sp³-hybridized carbons (Fsp3) is 0.412. The molecule has 1 fully saturated rings. The topological polar surface area (TPSA) is 62.5 Å². The number of hydrogen-bond donors (Lipinski definition) is 1. The van der Waals surface area contributed by atoms with Crippen molar-refractivity contribution in [3.05, 3.63) is 35.0 Å². The summed E-state index contributed by atoms with van der Waals surface area (Å²) in [6.45, 7) is 2.36. The van der Waals surface area contributed by atoms with Crippen molar-refractivity contribution in [2.45, 2.75) is 25.8 Å². The van der Waals surface area contributed by atoms with Gasteiger partial charge in [-0.15, -0.1) is 0 Å². The van der Waals surface area contributed by atoms with Crippen LogP contribution in [0.3, 0.4) is 0 Å². The normalized spacial score (nSPS) is 21.6. The Labute approximate surface area is 139 Å². The summed E-state index contributed by atoms with van der Waals surface area (Å²) >= 11 is 6.44. The molecular formula is C17H19ClN2O3. The van der Waals surface area contributed by atoms with E-state index in [0.717, 1.165) is 10.9 Å². The van der Waals surface area contributed by atoms with Crippen molar-refractivity contribution >= 4 is 34.4 Å². The Kier molecular flexibility index (Phi) is 4.06. The van der Waals surface area contributed by atoms with Crippen LogP contribution in [-0.2, 0) is 11.8 Å². The Balaban J connectivity index is 2.02. The van der Waals surface area contributed by atoms with Crippen molar-refractivity contribution in [1.82, 2.24) is 9.47 Å². The number of rotatable bonds is 2. The Morgan fingerprint density at radius 3 is 2.65 bits per heavy atom. The monoisotopic (exact) mass is 334 g/mol. The zero-order valence-corrected chi connectivity index (χ0v) is 13.9. The maximum atomic E-state index is 13.0. The first-order valence-electron chi connectivity index (χ1n) is 7.70. The van der Waals surface area contributed by atoms with Crippen LogP contribution in [0.2, 0.25) is 5.02 Å². The molecule has 5 nitrogen and oxygen atoms in total. The average molecular weight is 335 g/mol. The van der Waals surface area contributed by atoms with E-state index in [0.29, 0.717) is 30.1 Å². The standard InChI is InChI=1S/C17H19ClN2O3/c1-10-11(17(22)23)7-5-9-20(10)16(21)15-14(18)12-6-3-4-8-13(12)19(15)2/h3-4,6,8,10-11H,5,7,9H2,1-2H3,(H,22,23)/t10-,11-/m1/s1. The molecule has 0 radical (unpaired) electrons. The highest BCUT2D eigenvalue weighted by Crippen LogP contribution is 2.33. The number of amides is 1. The van der Waals surface area contributed by atoms with E-state index in [1.807, 2.05) is 31.3 Å². The first kappa shape index (κ1) is 15.9. The number of para-hydroxylation sites is 1. The molecule has 3 rings (SSSR count). The molecule has 122 valence electrons. The maximum absolute atomic E-state index is 13.0. The van der Waals surface area contributed by atoms with Gasteiger partial charge in [0.25, 0.3) is 5.91 Å². The van der Waals surface area contributed by atoms with E-state index in [-0.39, 0.29) is 11.9 Å². The lowest BCUT2D eigenvalue weighted by Gasteiger charge is -2.37. The van der Waals surface area contributed by atoms with E-state index in [9.17, 15) is 14.7 Å². The van der Waals surface area contributed by atoms with Gasteiger partial charge in [-0.05, 0) is 25.8 Å². The number of likely N-dealkylation sites (tertiary alicyclic amines) is 1. The summed E-state index contributed by atoms with van der Waals surface area (Å²) in [7, 11) is 1.81. The lowest BCUT2D eigenvalue weighted by molar-refractivity contribution is -0.144. The smallest absolute Gasteiger partial charge is 0.308 e. The molecule has 23 heavy (non-hydrogen) atoms. The maximum Gasteiger partial charge on any atom is 0.308 e. The number of benzene rings is 1. The van der Waals surface area contributed by atoms with Crippen LogP contribution in [-0.4, -0.2) is 39.0 Å². The number of nitrogens with zero attached hydrogens (tertiary/aromatic N) is 2. The molecule has 0 bridgehead atoms. The third-order valence-corrected chi connectivity index (χ3v) is 5.20. The van der Waals surface area contributed by atoms with Gasteiger partial charge >= 0.3 is 5.97 Å². The van der Waals surface area contributed by atoms with Crippen molar-refractivity contribution in [1.29, 1.82) is 0 Å². The highest BCUT2D eigenvalue weighted by atomic mass is 35.5. The predicted molar refractivity (Wildman–Crippen MR) is 88.8 cm³/mol. The molecule has 2 heterocycles. The first-order valence-corrected chi connectivity index (χ1v) is 8.08. The molecule has 0 aliphatic carbocycles. The van der Waals surface area contributed by atoms with Gasteiger partial charge in [-0.25, -0.2) is 0 Å². The Hall–Kier alpha value is -2.01.